The largest absolute Gasteiger partial charge is 0.493 e. The van der Waals surface area contributed by atoms with Crippen molar-refractivity contribution in [1.82, 2.24) is 15.3 Å². The molecule has 1 fully saturated rings. The monoisotopic (exact) mass is 345 g/mol. The third kappa shape index (κ3) is 3.85. The Hall–Kier alpha value is -2.74. The molecular weight excluding hydrogens is 322 g/mol. The van der Waals surface area contributed by atoms with Crippen LogP contribution < -0.4 is 29.7 Å². The van der Waals surface area contributed by atoms with Gasteiger partial charge in [-0.25, -0.2) is 4.98 Å². The second-order valence-corrected chi connectivity index (χ2v) is 5.51. The molecule has 1 aromatic heterocycles. The zero-order valence-corrected chi connectivity index (χ0v) is 14.7. The molecule has 0 radical (unpaired) electrons. The maximum atomic E-state index is 5.37. The quantitative estimate of drug-likeness (QED) is 0.818. The summed E-state index contributed by atoms with van der Waals surface area (Å²) >= 11 is 0. The van der Waals surface area contributed by atoms with Crippen LogP contribution in [0.2, 0.25) is 0 Å². The lowest BCUT2D eigenvalue weighted by Gasteiger charge is -2.28. The molecule has 25 heavy (non-hydrogen) atoms. The molecule has 1 aliphatic rings. The molecule has 1 aromatic carbocycles. The lowest BCUT2D eigenvalue weighted by molar-refractivity contribution is 0.324. The molecule has 8 nitrogen and oxygen atoms in total. The van der Waals surface area contributed by atoms with Gasteiger partial charge in [-0.1, -0.05) is 0 Å². The highest BCUT2D eigenvalue weighted by Crippen LogP contribution is 2.40. The van der Waals surface area contributed by atoms with Crippen LogP contribution in [-0.2, 0) is 0 Å². The minimum absolute atomic E-state index is 0.519. The number of piperazine rings is 1. The molecule has 0 atom stereocenters. The third-order valence-corrected chi connectivity index (χ3v) is 4.00. The van der Waals surface area contributed by atoms with Crippen LogP contribution in [-0.4, -0.2) is 57.5 Å². The minimum atomic E-state index is 0.519. The zero-order valence-electron chi connectivity index (χ0n) is 14.7. The fourth-order valence-corrected chi connectivity index (χ4v) is 2.76. The van der Waals surface area contributed by atoms with Crippen molar-refractivity contribution in [3.05, 3.63) is 24.4 Å². The fourth-order valence-electron chi connectivity index (χ4n) is 2.76. The Kier molecular flexibility index (Phi) is 5.39. The summed E-state index contributed by atoms with van der Waals surface area (Å²) in [6, 6.07) is 5.57. The van der Waals surface area contributed by atoms with Crippen LogP contribution in [0.25, 0.3) is 0 Å². The van der Waals surface area contributed by atoms with Crippen LogP contribution >= 0.6 is 0 Å². The summed E-state index contributed by atoms with van der Waals surface area (Å²) < 4.78 is 16.1. The maximum absolute atomic E-state index is 5.37. The van der Waals surface area contributed by atoms with Crippen molar-refractivity contribution < 1.29 is 14.2 Å². The summed E-state index contributed by atoms with van der Waals surface area (Å²) in [5.74, 6) is 3.12. The smallest absolute Gasteiger partial charge is 0.229 e. The average molecular weight is 345 g/mol. The Labute approximate surface area is 147 Å². The first-order chi connectivity index (χ1) is 12.2. The molecule has 1 aliphatic heterocycles. The van der Waals surface area contributed by atoms with Gasteiger partial charge in [0.15, 0.2) is 11.5 Å². The molecule has 1 saturated heterocycles. The van der Waals surface area contributed by atoms with E-state index in [9.17, 15) is 0 Å². The van der Waals surface area contributed by atoms with E-state index in [1.807, 2.05) is 18.2 Å². The lowest BCUT2D eigenvalue weighted by atomic mass is 10.2. The highest BCUT2D eigenvalue weighted by Gasteiger charge is 2.15. The Morgan fingerprint density at radius 2 is 1.72 bits per heavy atom. The molecule has 134 valence electrons. The van der Waals surface area contributed by atoms with Crippen LogP contribution in [0.1, 0.15) is 0 Å². The first kappa shape index (κ1) is 17.1. The van der Waals surface area contributed by atoms with Gasteiger partial charge in [0.2, 0.25) is 11.7 Å². The Balaban J connectivity index is 1.84. The number of rotatable bonds is 6. The lowest BCUT2D eigenvalue weighted by Crippen LogP contribution is -2.43. The molecule has 0 spiro atoms. The van der Waals surface area contributed by atoms with Gasteiger partial charge in [0, 0.05) is 50.2 Å². The Bertz CT molecular complexity index is 694. The van der Waals surface area contributed by atoms with E-state index in [-0.39, 0.29) is 0 Å². The van der Waals surface area contributed by atoms with E-state index in [1.165, 1.54) is 0 Å². The van der Waals surface area contributed by atoms with E-state index >= 15 is 0 Å². The Morgan fingerprint density at radius 1 is 1.04 bits per heavy atom. The van der Waals surface area contributed by atoms with Crippen LogP contribution in [0.4, 0.5) is 17.5 Å². The number of hydrogen-bond acceptors (Lipinski definition) is 8. The first-order valence-electron chi connectivity index (χ1n) is 8.11. The van der Waals surface area contributed by atoms with Crippen LogP contribution in [0.3, 0.4) is 0 Å². The molecule has 2 heterocycles. The van der Waals surface area contributed by atoms with Crippen molar-refractivity contribution in [1.29, 1.82) is 0 Å². The van der Waals surface area contributed by atoms with Crippen molar-refractivity contribution in [3.8, 4) is 17.2 Å². The molecular formula is C17H23N5O3. The topological polar surface area (TPSA) is 80.8 Å². The van der Waals surface area contributed by atoms with Gasteiger partial charge in [-0.2, -0.15) is 4.98 Å². The van der Waals surface area contributed by atoms with Crippen molar-refractivity contribution in [2.24, 2.45) is 0 Å². The molecule has 2 aromatic rings. The number of methoxy groups -OCH3 is 3. The number of hydrogen-bond donors (Lipinski definition) is 2. The van der Waals surface area contributed by atoms with E-state index < -0.39 is 0 Å². The number of ether oxygens (including phenoxy) is 3. The Morgan fingerprint density at radius 3 is 2.32 bits per heavy atom. The van der Waals surface area contributed by atoms with E-state index in [2.05, 4.69) is 25.5 Å². The van der Waals surface area contributed by atoms with Crippen molar-refractivity contribution in [2.75, 3.05) is 57.7 Å². The van der Waals surface area contributed by atoms with Crippen LogP contribution in [0.5, 0.6) is 17.2 Å². The second-order valence-electron chi connectivity index (χ2n) is 5.51. The molecule has 8 heteroatoms. The van der Waals surface area contributed by atoms with Gasteiger partial charge < -0.3 is 29.7 Å². The SMILES string of the molecule is COc1cc(Nc2nccc(N3CCNCC3)n2)cc(OC)c1OC. The summed E-state index contributed by atoms with van der Waals surface area (Å²) in [5.41, 5.74) is 0.756. The van der Waals surface area contributed by atoms with Crippen molar-refractivity contribution in [3.63, 3.8) is 0 Å². The normalized spacial score (nSPS) is 14.1. The highest BCUT2D eigenvalue weighted by atomic mass is 16.5. The van der Waals surface area contributed by atoms with Crippen molar-refractivity contribution in [2.45, 2.75) is 0 Å². The fraction of sp³-hybridized carbons (Fsp3) is 0.412. The summed E-state index contributed by atoms with van der Waals surface area (Å²) in [7, 11) is 4.75. The highest BCUT2D eigenvalue weighted by molar-refractivity contribution is 5.66. The molecule has 0 aliphatic carbocycles. The number of nitrogens with one attached hydrogen (secondary N) is 2. The van der Waals surface area contributed by atoms with E-state index in [0.29, 0.717) is 23.2 Å². The predicted molar refractivity (Wildman–Crippen MR) is 96.5 cm³/mol. The van der Waals surface area contributed by atoms with Gasteiger partial charge in [0.05, 0.1) is 21.3 Å². The number of nitrogens with zero attached hydrogens (tertiary/aromatic N) is 3. The number of aromatic nitrogens is 2. The van der Waals surface area contributed by atoms with Crippen molar-refractivity contribution >= 4 is 17.5 Å². The van der Waals surface area contributed by atoms with Crippen LogP contribution in [0, 0.1) is 0 Å². The zero-order chi connectivity index (χ0) is 17.6. The second kappa shape index (κ2) is 7.89. The molecule has 2 N–H and O–H groups in total. The average Bonchev–Trinajstić information content (AvgIpc) is 2.68. The van der Waals surface area contributed by atoms with Gasteiger partial charge in [-0.05, 0) is 6.07 Å². The standard InChI is InChI=1S/C17H23N5O3/c1-23-13-10-12(11-14(24-2)16(13)25-3)20-17-19-5-4-15(21-17)22-8-6-18-7-9-22/h4-5,10-11,18H,6-9H2,1-3H3,(H,19,20,21). The summed E-state index contributed by atoms with van der Waals surface area (Å²) in [4.78, 5) is 11.1. The number of benzene rings is 1. The minimum Gasteiger partial charge on any atom is -0.493 e. The summed E-state index contributed by atoms with van der Waals surface area (Å²) in [6.07, 6.45) is 1.75. The molecule has 0 amide bonds. The van der Waals surface area contributed by atoms with Gasteiger partial charge in [-0.15, -0.1) is 0 Å². The molecule has 3 rings (SSSR count). The summed E-state index contributed by atoms with van der Waals surface area (Å²) in [5, 5.41) is 6.54. The van der Waals surface area contributed by atoms with Gasteiger partial charge >= 0.3 is 0 Å². The predicted octanol–water partition coefficient (Wildman–Crippen LogP) is 1.66. The molecule has 0 bridgehead atoms. The van der Waals surface area contributed by atoms with Gasteiger partial charge in [0.1, 0.15) is 5.82 Å². The summed E-state index contributed by atoms with van der Waals surface area (Å²) in [6.45, 7) is 3.78. The number of anilines is 3. The van der Waals surface area contributed by atoms with E-state index in [4.69, 9.17) is 14.2 Å². The molecule has 0 saturated carbocycles. The third-order valence-electron chi connectivity index (χ3n) is 4.00. The van der Waals surface area contributed by atoms with Crippen LogP contribution in [0.15, 0.2) is 24.4 Å². The molecule has 0 unspecified atom stereocenters. The van der Waals surface area contributed by atoms with E-state index in [0.717, 1.165) is 37.7 Å². The first-order valence-corrected chi connectivity index (χ1v) is 8.11. The van der Waals surface area contributed by atoms with Gasteiger partial charge in [0.25, 0.3) is 0 Å². The van der Waals surface area contributed by atoms with E-state index in [1.54, 1.807) is 27.5 Å². The maximum Gasteiger partial charge on any atom is 0.229 e. The van der Waals surface area contributed by atoms with Gasteiger partial charge in [-0.3, -0.25) is 0 Å².